The molecule has 0 aromatic heterocycles. The lowest BCUT2D eigenvalue weighted by molar-refractivity contribution is 0.439. The SMILES string of the molecule is CC1(C)Cc2c(ccc3ccccc23)C(=CCl)N1. The zero-order chi connectivity index (χ0) is 12.8. The van der Waals surface area contributed by atoms with E-state index in [1.165, 1.54) is 21.9 Å². The van der Waals surface area contributed by atoms with Crippen LogP contribution in [0.25, 0.3) is 16.5 Å². The fraction of sp³-hybridized carbons (Fsp3) is 0.250. The lowest BCUT2D eigenvalue weighted by Crippen LogP contribution is -2.43. The number of halogens is 1. The Morgan fingerprint density at radius 3 is 2.72 bits per heavy atom. The molecule has 0 saturated carbocycles. The van der Waals surface area contributed by atoms with E-state index in [1.54, 1.807) is 5.54 Å². The smallest absolute Gasteiger partial charge is 0.0535 e. The third-order valence-corrected chi connectivity index (χ3v) is 3.75. The second-order valence-corrected chi connectivity index (χ2v) is 5.74. The van der Waals surface area contributed by atoms with Crippen molar-refractivity contribution in [1.29, 1.82) is 0 Å². The summed E-state index contributed by atoms with van der Waals surface area (Å²) in [6.07, 6.45) is 1.01. The van der Waals surface area contributed by atoms with Crippen LogP contribution in [-0.2, 0) is 6.42 Å². The highest BCUT2D eigenvalue weighted by Gasteiger charge is 2.28. The molecule has 1 heterocycles. The molecular weight excluding hydrogens is 242 g/mol. The largest absolute Gasteiger partial charge is 0.379 e. The second-order valence-electron chi connectivity index (χ2n) is 5.52. The molecular formula is C16H16ClN. The molecule has 0 aliphatic carbocycles. The van der Waals surface area contributed by atoms with Crippen LogP contribution in [-0.4, -0.2) is 5.54 Å². The highest BCUT2D eigenvalue weighted by molar-refractivity contribution is 6.28. The Kier molecular flexibility index (Phi) is 2.60. The van der Waals surface area contributed by atoms with E-state index < -0.39 is 0 Å². The number of nitrogens with one attached hydrogen (secondary N) is 1. The predicted octanol–water partition coefficient (Wildman–Crippen LogP) is 4.30. The van der Waals surface area contributed by atoms with Gasteiger partial charge >= 0.3 is 0 Å². The van der Waals surface area contributed by atoms with Gasteiger partial charge in [0.25, 0.3) is 0 Å². The van der Waals surface area contributed by atoms with Gasteiger partial charge in [-0.15, -0.1) is 0 Å². The van der Waals surface area contributed by atoms with Gasteiger partial charge in [-0.1, -0.05) is 48.0 Å². The average molecular weight is 258 g/mol. The fourth-order valence-corrected chi connectivity index (χ4v) is 2.95. The van der Waals surface area contributed by atoms with Crippen molar-refractivity contribution in [2.75, 3.05) is 0 Å². The number of hydrogen-bond donors (Lipinski definition) is 1. The minimum absolute atomic E-state index is 0.0395. The highest BCUT2D eigenvalue weighted by atomic mass is 35.5. The molecule has 1 aliphatic rings. The van der Waals surface area contributed by atoms with E-state index in [-0.39, 0.29) is 5.54 Å². The summed E-state index contributed by atoms with van der Waals surface area (Å²) in [6, 6.07) is 12.9. The van der Waals surface area contributed by atoms with Crippen LogP contribution >= 0.6 is 11.6 Å². The average Bonchev–Trinajstić information content (AvgIpc) is 2.36. The van der Waals surface area contributed by atoms with Crippen molar-refractivity contribution in [3.63, 3.8) is 0 Å². The van der Waals surface area contributed by atoms with Gasteiger partial charge < -0.3 is 5.32 Å². The number of hydrogen-bond acceptors (Lipinski definition) is 1. The van der Waals surface area contributed by atoms with Gasteiger partial charge in [0, 0.05) is 16.6 Å². The van der Waals surface area contributed by atoms with Gasteiger partial charge in [-0.3, -0.25) is 0 Å². The molecule has 2 aromatic rings. The summed E-state index contributed by atoms with van der Waals surface area (Å²) in [4.78, 5) is 0. The van der Waals surface area contributed by atoms with E-state index in [4.69, 9.17) is 11.6 Å². The minimum atomic E-state index is 0.0395. The van der Waals surface area contributed by atoms with Gasteiger partial charge in [0.2, 0.25) is 0 Å². The Bertz CT molecular complexity index is 641. The first-order chi connectivity index (χ1) is 8.61. The summed E-state index contributed by atoms with van der Waals surface area (Å²) in [6.45, 7) is 4.41. The normalized spacial score (nSPS) is 19.6. The van der Waals surface area contributed by atoms with Crippen LogP contribution in [0.3, 0.4) is 0 Å². The van der Waals surface area contributed by atoms with Gasteiger partial charge in [-0.25, -0.2) is 0 Å². The number of benzene rings is 2. The van der Waals surface area contributed by atoms with Crippen LogP contribution in [0.1, 0.15) is 25.0 Å². The molecule has 0 spiro atoms. The standard InChI is InChI=1S/C16H16ClN/c1-16(2)9-14-12-6-4-3-5-11(12)7-8-13(14)15(10-17)18-16/h3-8,10,18H,9H2,1-2H3. The third kappa shape index (κ3) is 1.79. The number of fused-ring (bicyclic) bond motifs is 3. The van der Waals surface area contributed by atoms with E-state index in [0.29, 0.717) is 0 Å². The first-order valence-electron chi connectivity index (χ1n) is 6.20. The maximum absolute atomic E-state index is 5.96. The van der Waals surface area contributed by atoms with Crippen LogP contribution in [0.5, 0.6) is 0 Å². The second kappa shape index (κ2) is 4.03. The molecule has 1 nitrogen and oxygen atoms in total. The van der Waals surface area contributed by atoms with Crippen LogP contribution in [0.15, 0.2) is 41.9 Å². The van der Waals surface area contributed by atoms with Crippen molar-refractivity contribution in [2.24, 2.45) is 0 Å². The third-order valence-electron chi connectivity index (χ3n) is 3.53. The molecule has 0 unspecified atom stereocenters. The molecule has 18 heavy (non-hydrogen) atoms. The molecule has 0 atom stereocenters. The van der Waals surface area contributed by atoms with Gasteiger partial charge in [0.15, 0.2) is 0 Å². The van der Waals surface area contributed by atoms with Crippen LogP contribution in [0.4, 0.5) is 0 Å². The molecule has 0 fully saturated rings. The van der Waals surface area contributed by atoms with Gasteiger partial charge in [-0.05, 0) is 36.6 Å². The van der Waals surface area contributed by atoms with Crippen molar-refractivity contribution < 1.29 is 0 Å². The van der Waals surface area contributed by atoms with E-state index in [0.717, 1.165) is 12.1 Å². The zero-order valence-electron chi connectivity index (χ0n) is 10.6. The van der Waals surface area contributed by atoms with E-state index in [2.05, 4.69) is 55.6 Å². The van der Waals surface area contributed by atoms with E-state index in [9.17, 15) is 0 Å². The molecule has 0 amide bonds. The molecule has 2 aromatic carbocycles. The maximum atomic E-state index is 5.96. The Balaban J connectivity index is 2.33. The summed E-state index contributed by atoms with van der Waals surface area (Å²) >= 11 is 5.96. The molecule has 1 N–H and O–H groups in total. The lowest BCUT2D eigenvalue weighted by Gasteiger charge is -2.36. The predicted molar refractivity (Wildman–Crippen MR) is 78.7 cm³/mol. The van der Waals surface area contributed by atoms with Gasteiger partial charge in [-0.2, -0.15) is 0 Å². The van der Waals surface area contributed by atoms with Crippen molar-refractivity contribution >= 4 is 28.1 Å². The fourth-order valence-electron chi connectivity index (χ4n) is 2.78. The minimum Gasteiger partial charge on any atom is -0.379 e. The Morgan fingerprint density at radius 2 is 1.94 bits per heavy atom. The molecule has 2 heteroatoms. The monoisotopic (exact) mass is 257 g/mol. The molecule has 1 aliphatic heterocycles. The van der Waals surface area contributed by atoms with Crippen LogP contribution in [0.2, 0.25) is 0 Å². The summed E-state index contributed by atoms with van der Waals surface area (Å²) in [5, 5.41) is 6.12. The lowest BCUT2D eigenvalue weighted by atomic mass is 9.83. The zero-order valence-corrected chi connectivity index (χ0v) is 11.4. The Hall–Kier alpha value is -1.47. The van der Waals surface area contributed by atoms with E-state index in [1.807, 2.05) is 0 Å². The van der Waals surface area contributed by atoms with Crippen LogP contribution in [0, 0.1) is 0 Å². The highest BCUT2D eigenvalue weighted by Crippen LogP contribution is 2.34. The van der Waals surface area contributed by atoms with Gasteiger partial charge in [0.05, 0.1) is 5.70 Å². The topological polar surface area (TPSA) is 12.0 Å². The summed E-state index contributed by atoms with van der Waals surface area (Å²) in [7, 11) is 0. The molecule has 0 bridgehead atoms. The first kappa shape index (κ1) is 11.6. The Morgan fingerprint density at radius 1 is 1.17 bits per heavy atom. The van der Waals surface area contributed by atoms with Crippen molar-refractivity contribution in [2.45, 2.75) is 25.8 Å². The van der Waals surface area contributed by atoms with Crippen molar-refractivity contribution in [1.82, 2.24) is 5.32 Å². The summed E-state index contributed by atoms with van der Waals surface area (Å²) in [5.41, 5.74) is 5.33. The Labute approximate surface area is 112 Å². The molecule has 3 rings (SSSR count). The maximum Gasteiger partial charge on any atom is 0.0535 e. The first-order valence-corrected chi connectivity index (χ1v) is 6.64. The van der Waals surface area contributed by atoms with Crippen molar-refractivity contribution in [3.05, 3.63) is 53.1 Å². The summed E-state index contributed by atoms with van der Waals surface area (Å²) < 4.78 is 0. The number of rotatable bonds is 0. The molecule has 92 valence electrons. The summed E-state index contributed by atoms with van der Waals surface area (Å²) in [5.74, 6) is 0. The van der Waals surface area contributed by atoms with Crippen molar-refractivity contribution in [3.8, 4) is 0 Å². The van der Waals surface area contributed by atoms with Crippen LogP contribution < -0.4 is 5.32 Å². The quantitative estimate of drug-likeness (QED) is 0.742. The molecule has 0 radical (unpaired) electrons. The molecule has 0 saturated heterocycles. The van der Waals surface area contributed by atoms with Gasteiger partial charge in [0.1, 0.15) is 0 Å². The van der Waals surface area contributed by atoms with E-state index >= 15 is 0 Å².